The number of rotatable bonds is 3. The molecule has 0 bridgehead atoms. The minimum absolute atomic E-state index is 0.0335. The molecule has 6 heteroatoms. The third kappa shape index (κ3) is 3.87. The average molecular weight is 263 g/mol. The number of benzene rings is 1. The van der Waals surface area contributed by atoms with Gasteiger partial charge in [0.25, 0.3) is 11.6 Å². The van der Waals surface area contributed by atoms with Crippen molar-refractivity contribution >= 4 is 5.69 Å². The second-order valence-electron chi connectivity index (χ2n) is 3.85. The van der Waals surface area contributed by atoms with E-state index in [2.05, 4.69) is 24.0 Å². The summed E-state index contributed by atoms with van der Waals surface area (Å²) in [6.45, 7) is 6.13. The molecule has 2 rings (SSSR count). The summed E-state index contributed by atoms with van der Waals surface area (Å²) in [5, 5.41) is 14.5. The first kappa shape index (κ1) is 14.8. The van der Waals surface area contributed by atoms with Gasteiger partial charge in [-0.05, 0) is 6.07 Å². The van der Waals surface area contributed by atoms with E-state index in [-0.39, 0.29) is 11.6 Å². The number of hydrogen-bond donors (Lipinski definition) is 0. The third-order valence-corrected chi connectivity index (χ3v) is 2.12. The van der Waals surface area contributed by atoms with Crippen molar-refractivity contribution in [2.45, 2.75) is 33.6 Å². The molecule has 102 valence electrons. The highest BCUT2D eigenvalue weighted by molar-refractivity contribution is 5.66. The summed E-state index contributed by atoms with van der Waals surface area (Å²) in [4.78, 5) is 14.4. The molecule has 0 unspecified atom stereocenters. The highest BCUT2D eigenvalue weighted by atomic mass is 16.6. The number of nitrogens with zero attached hydrogens (tertiary/aromatic N) is 3. The molecule has 0 N–H and O–H groups in total. The molecule has 1 heterocycles. The number of para-hydroxylation sites is 1. The van der Waals surface area contributed by atoms with Gasteiger partial charge in [-0.3, -0.25) is 10.1 Å². The van der Waals surface area contributed by atoms with Crippen LogP contribution in [0.5, 0.6) is 0 Å². The standard InChI is InChI=1S/C10H9N3O3.C3H8/c1-2-9-11-10(16-12-9)7-5-3-4-6-8(7)13(14)15;1-3-2/h3-6H,2H2,1H3;3H2,1-2H3. The van der Waals surface area contributed by atoms with Crippen LogP contribution in [0.3, 0.4) is 0 Å². The van der Waals surface area contributed by atoms with Crippen LogP contribution >= 0.6 is 0 Å². The molecule has 0 spiro atoms. The number of aryl methyl sites for hydroxylation is 1. The van der Waals surface area contributed by atoms with Gasteiger partial charge in [0, 0.05) is 12.5 Å². The smallest absolute Gasteiger partial charge is 0.282 e. The van der Waals surface area contributed by atoms with Crippen LogP contribution < -0.4 is 0 Å². The van der Waals surface area contributed by atoms with Gasteiger partial charge >= 0.3 is 0 Å². The van der Waals surface area contributed by atoms with E-state index >= 15 is 0 Å². The van der Waals surface area contributed by atoms with E-state index in [0.29, 0.717) is 17.8 Å². The number of nitro groups is 1. The summed E-state index contributed by atoms with van der Waals surface area (Å²) >= 11 is 0. The van der Waals surface area contributed by atoms with Gasteiger partial charge in [-0.2, -0.15) is 4.98 Å². The normalized spacial score (nSPS) is 9.63. The Bertz CT molecular complexity index is 537. The molecule has 0 fully saturated rings. The number of hydrogen-bond acceptors (Lipinski definition) is 5. The summed E-state index contributed by atoms with van der Waals surface area (Å²) in [6.07, 6.45) is 1.88. The van der Waals surface area contributed by atoms with E-state index < -0.39 is 4.92 Å². The average Bonchev–Trinajstić information content (AvgIpc) is 2.88. The van der Waals surface area contributed by atoms with Gasteiger partial charge in [0.2, 0.25) is 0 Å². The fraction of sp³-hybridized carbons (Fsp3) is 0.385. The fourth-order valence-electron chi connectivity index (χ4n) is 1.32. The molecule has 0 amide bonds. The molecular formula is C13H17N3O3. The van der Waals surface area contributed by atoms with E-state index in [1.807, 2.05) is 6.92 Å². The van der Waals surface area contributed by atoms with Crippen molar-refractivity contribution in [2.24, 2.45) is 0 Å². The van der Waals surface area contributed by atoms with Gasteiger partial charge in [-0.15, -0.1) is 0 Å². The Morgan fingerprint density at radius 3 is 2.42 bits per heavy atom. The SMILES string of the molecule is CCC.CCc1noc(-c2ccccc2[N+](=O)[O-])n1. The van der Waals surface area contributed by atoms with E-state index in [0.717, 1.165) is 0 Å². The summed E-state index contributed by atoms with van der Waals surface area (Å²) in [5.74, 6) is 0.720. The maximum atomic E-state index is 10.8. The Morgan fingerprint density at radius 1 is 1.26 bits per heavy atom. The second kappa shape index (κ2) is 7.25. The van der Waals surface area contributed by atoms with Gasteiger partial charge in [-0.25, -0.2) is 0 Å². The number of aromatic nitrogens is 2. The zero-order valence-corrected chi connectivity index (χ0v) is 11.3. The summed E-state index contributed by atoms with van der Waals surface area (Å²) in [5.41, 5.74) is 0.313. The lowest BCUT2D eigenvalue weighted by Crippen LogP contribution is -1.91. The molecule has 0 saturated carbocycles. The van der Waals surface area contributed by atoms with Crippen LogP contribution in [0.15, 0.2) is 28.8 Å². The van der Waals surface area contributed by atoms with Gasteiger partial charge < -0.3 is 4.52 Å². The highest BCUT2D eigenvalue weighted by Gasteiger charge is 2.19. The maximum Gasteiger partial charge on any atom is 0.282 e. The van der Waals surface area contributed by atoms with Gasteiger partial charge in [0.15, 0.2) is 5.82 Å². The van der Waals surface area contributed by atoms with Gasteiger partial charge in [0.05, 0.1) is 4.92 Å². The Kier molecular flexibility index (Phi) is 5.66. The van der Waals surface area contributed by atoms with Crippen molar-refractivity contribution < 1.29 is 9.45 Å². The molecule has 6 nitrogen and oxygen atoms in total. The fourth-order valence-corrected chi connectivity index (χ4v) is 1.32. The van der Waals surface area contributed by atoms with E-state index in [1.165, 1.54) is 12.5 Å². The lowest BCUT2D eigenvalue weighted by atomic mass is 10.2. The lowest BCUT2D eigenvalue weighted by Gasteiger charge is -1.95. The Morgan fingerprint density at radius 2 is 1.89 bits per heavy atom. The molecule has 0 atom stereocenters. The topological polar surface area (TPSA) is 82.1 Å². The first-order valence-corrected chi connectivity index (χ1v) is 6.20. The van der Waals surface area contributed by atoms with Crippen LogP contribution in [0.2, 0.25) is 0 Å². The molecule has 0 aliphatic carbocycles. The molecular weight excluding hydrogens is 246 g/mol. The largest absolute Gasteiger partial charge is 0.334 e. The zero-order valence-electron chi connectivity index (χ0n) is 11.3. The highest BCUT2D eigenvalue weighted by Crippen LogP contribution is 2.27. The molecule has 2 aromatic rings. The molecule has 19 heavy (non-hydrogen) atoms. The first-order chi connectivity index (χ1) is 9.13. The van der Waals surface area contributed by atoms with Crippen LogP contribution in [0, 0.1) is 10.1 Å². The Balaban J connectivity index is 0.000000550. The summed E-state index contributed by atoms with van der Waals surface area (Å²) < 4.78 is 4.97. The monoisotopic (exact) mass is 263 g/mol. The second-order valence-corrected chi connectivity index (χ2v) is 3.85. The van der Waals surface area contributed by atoms with Crippen molar-refractivity contribution in [1.29, 1.82) is 0 Å². The van der Waals surface area contributed by atoms with Crippen molar-refractivity contribution in [3.8, 4) is 11.5 Å². The molecule has 0 aliphatic rings. The van der Waals surface area contributed by atoms with Crippen LogP contribution in [0.1, 0.15) is 33.0 Å². The van der Waals surface area contributed by atoms with Crippen LogP contribution in [-0.4, -0.2) is 15.1 Å². The van der Waals surface area contributed by atoms with Crippen molar-refractivity contribution in [3.05, 3.63) is 40.2 Å². The molecule has 0 aliphatic heterocycles. The van der Waals surface area contributed by atoms with Crippen LogP contribution in [-0.2, 0) is 6.42 Å². The van der Waals surface area contributed by atoms with Crippen molar-refractivity contribution in [3.63, 3.8) is 0 Å². The van der Waals surface area contributed by atoms with E-state index in [1.54, 1.807) is 18.2 Å². The predicted octanol–water partition coefficient (Wildman–Crippen LogP) is 3.62. The first-order valence-electron chi connectivity index (χ1n) is 6.20. The molecule has 0 saturated heterocycles. The third-order valence-electron chi connectivity index (χ3n) is 2.12. The van der Waals surface area contributed by atoms with E-state index in [9.17, 15) is 10.1 Å². The Labute approximate surface area is 111 Å². The summed E-state index contributed by atoms with van der Waals surface area (Å²) in [7, 11) is 0. The van der Waals surface area contributed by atoms with Crippen LogP contribution in [0.25, 0.3) is 11.5 Å². The zero-order chi connectivity index (χ0) is 14.3. The van der Waals surface area contributed by atoms with E-state index in [4.69, 9.17) is 4.52 Å². The van der Waals surface area contributed by atoms with Crippen molar-refractivity contribution in [1.82, 2.24) is 10.1 Å². The maximum absolute atomic E-state index is 10.8. The molecule has 1 aromatic carbocycles. The minimum atomic E-state index is -0.467. The summed E-state index contributed by atoms with van der Waals surface area (Å²) in [6, 6.07) is 6.28. The lowest BCUT2D eigenvalue weighted by molar-refractivity contribution is -0.384. The Hall–Kier alpha value is -2.24. The van der Waals surface area contributed by atoms with Gasteiger partial charge in [0.1, 0.15) is 5.56 Å². The minimum Gasteiger partial charge on any atom is -0.334 e. The quantitative estimate of drug-likeness (QED) is 0.623. The predicted molar refractivity (Wildman–Crippen MR) is 71.7 cm³/mol. The molecule has 1 aromatic heterocycles. The van der Waals surface area contributed by atoms with Gasteiger partial charge in [-0.1, -0.05) is 44.5 Å². The van der Waals surface area contributed by atoms with Crippen molar-refractivity contribution in [2.75, 3.05) is 0 Å². The molecule has 0 radical (unpaired) electrons. The number of nitro benzene ring substituents is 1. The van der Waals surface area contributed by atoms with Crippen LogP contribution in [0.4, 0.5) is 5.69 Å².